The second-order valence-corrected chi connectivity index (χ2v) is 8.24. The van der Waals surface area contributed by atoms with E-state index in [0.29, 0.717) is 12.3 Å². The summed E-state index contributed by atoms with van der Waals surface area (Å²) >= 11 is 7.84. The molecule has 0 saturated carbocycles. The molecule has 2 heterocycles. The van der Waals surface area contributed by atoms with Gasteiger partial charge in [-0.2, -0.15) is 0 Å². The van der Waals surface area contributed by atoms with E-state index in [1.165, 1.54) is 22.4 Å². The number of nitrogens with one attached hydrogen (secondary N) is 1. The second-order valence-electron chi connectivity index (χ2n) is 6.82. The molecule has 1 aromatic heterocycles. The lowest BCUT2D eigenvalue weighted by molar-refractivity contribution is -0.129. The Balaban J connectivity index is 1.41. The van der Waals surface area contributed by atoms with Gasteiger partial charge in [0.15, 0.2) is 0 Å². The fourth-order valence-electron chi connectivity index (χ4n) is 3.55. The highest BCUT2D eigenvalue weighted by Gasteiger charge is 2.23. The minimum Gasteiger partial charge on any atom is -0.358 e. The first-order valence-corrected chi connectivity index (χ1v) is 10.3. The van der Waals surface area contributed by atoms with E-state index in [0.717, 1.165) is 34.6 Å². The fourth-order valence-corrected chi connectivity index (χ4v) is 4.60. The summed E-state index contributed by atoms with van der Waals surface area (Å²) in [5.41, 5.74) is 6.08. The van der Waals surface area contributed by atoms with Crippen LogP contribution in [0.1, 0.15) is 22.4 Å². The minimum absolute atomic E-state index is 0.213. The number of rotatable bonds is 4. The summed E-state index contributed by atoms with van der Waals surface area (Å²) < 4.78 is 0. The summed E-state index contributed by atoms with van der Waals surface area (Å²) in [6, 6.07) is 14.4. The number of halogens is 1. The standard InChI is InChI=1S/C21H21ClN2OS/c1-14-3-2-4-15(9-14)12-26-13-21(25)24-8-7-20-18(11-24)17-10-16(22)5-6-19(17)23-20/h2-6,9-10,23H,7-8,11-13H2,1H3. The van der Waals surface area contributed by atoms with Crippen LogP contribution in [0.3, 0.4) is 0 Å². The molecule has 26 heavy (non-hydrogen) atoms. The number of nitrogens with zero attached hydrogens (tertiary/aromatic N) is 1. The van der Waals surface area contributed by atoms with Crippen molar-refractivity contribution in [3.05, 3.63) is 69.9 Å². The molecule has 0 radical (unpaired) electrons. The Labute approximate surface area is 162 Å². The Hall–Kier alpha value is -1.91. The van der Waals surface area contributed by atoms with Gasteiger partial charge in [0.1, 0.15) is 0 Å². The quantitative estimate of drug-likeness (QED) is 0.691. The zero-order valence-corrected chi connectivity index (χ0v) is 16.3. The first kappa shape index (κ1) is 17.5. The maximum absolute atomic E-state index is 12.7. The third-order valence-electron chi connectivity index (χ3n) is 4.87. The third kappa shape index (κ3) is 3.62. The summed E-state index contributed by atoms with van der Waals surface area (Å²) in [4.78, 5) is 18.1. The van der Waals surface area contributed by atoms with Crippen molar-refractivity contribution in [2.45, 2.75) is 25.6 Å². The van der Waals surface area contributed by atoms with Crippen LogP contribution in [0.2, 0.25) is 5.02 Å². The largest absolute Gasteiger partial charge is 0.358 e. The zero-order chi connectivity index (χ0) is 18.1. The van der Waals surface area contributed by atoms with Gasteiger partial charge < -0.3 is 9.88 Å². The molecule has 4 rings (SSSR count). The molecule has 3 nitrogen and oxygen atoms in total. The van der Waals surface area contributed by atoms with Crippen LogP contribution in [0.25, 0.3) is 10.9 Å². The van der Waals surface area contributed by atoms with Gasteiger partial charge in [-0.1, -0.05) is 41.4 Å². The van der Waals surface area contributed by atoms with Gasteiger partial charge in [-0.05, 0) is 30.7 Å². The number of aryl methyl sites for hydroxylation is 1. The van der Waals surface area contributed by atoms with E-state index in [1.807, 2.05) is 23.1 Å². The number of hydrogen-bond acceptors (Lipinski definition) is 2. The summed E-state index contributed by atoms with van der Waals surface area (Å²) in [5.74, 6) is 1.60. The van der Waals surface area contributed by atoms with Crippen molar-refractivity contribution < 1.29 is 4.79 Å². The van der Waals surface area contributed by atoms with Gasteiger partial charge in [0.2, 0.25) is 5.91 Å². The van der Waals surface area contributed by atoms with Crippen molar-refractivity contribution in [1.29, 1.82) is 0 Å². The average Bonchev–Trinajstić information content (AvgIpc) is 2.99. The number of carbonyl (C=O) groups excluding carboxylic acids is 1. The molecular formula is C21H21ClN2OS. The number of amides is 1. The van der Waals surface area contributed by atoms with E-state index < -0.39 is 0 Å². The smallest absolute Gasteiger partial charge is 0.232 e. The molecule has 0 saturated heterocycles. The van der Waals surface area contributed by atoms with E-state index in [9.17, 15) is 4.79 Å². The fraction of sp³-hybridized carbons (Fsp3) is 0.286. The maximum Gasteiger partial charge on any atom is 0.232 e. The topological polar surface area (TPSA) is 36.1 Å². The van der Waals surface area contributed by atoms with E-state index >= 15 is 0 Å². The highest BCUT2D eigenvalue weighted by Crippen LogP contribution is 2.30. The molecule has 1 aliphatic heterocycles. The number of thioether (sulfide) groups is 1. The van der Waals surface area contributed by atoms with Gasteiger partial charge in [0.25, 0.3) is 0 Å². The van der Waals surface area contributed by atoms with Crippen molar-refractivity contribution in [3.63, 3.8) is 0 Å². The molecule has 3 aromatic rings. The van der Waals surface area contributed by atoms with Crippen LogP contribution < -0.4 is 0 Å². The number of H-pyrrole nitrogens is 1. The number of hydrogen-bond donors (Lipinski definition) is 1. The first-order chi connectivity index (χ1) is 12.6. The molecule has 1 amide bonds. The Morgan fingerprint density at radius 2 is 2.15 bits per heavy atom. The van der Waals surface area contributed by atoms with E-state index in [1.54, 1.807) is 11.8 Å². The SMILES string of the molecule is Cc1cccc(CSCC(=O)N2CCc3[nH]c4ccc(Cl)cc4c3C2)c1. The predicted molar refractivity (Wildman–Crippen MR) is 110 cm³/mol. The normalized spacial score (nSPS) is 13.8. The van der Waals surface area contributed by atoms with E-state index in [4.69, 9.17) is 11.6 Å². The molecule has 0 unspecified atom stereocenters. The molecular weight excluding hydrogens is 364 g/mol. The predicted octanol–water partition coefficient (Wildman–Crippen LogP) is 4.95. The Kier molecular flexibility index (Phi) is 4.96. The number of aromatic nitrogens is 1. The number of aromatic amines is 1. The third-order valence-corrected chi connectivity index (χ3v) is 6.09. The summed E-state index contributed by atoms with van der Waals surface area (Å²) in [7, 11) is 0. The van der Waals surface area contributed by atoms with Gasteiger partial charge in [-0.15, -0.1) is 11.8 Å². The monoisotopic (exact) mass is 384 g/mol. The van der Waals surface area contributed by atoms with Crippen LogP contribution in [-0.2, 0) is 23.5 Å². The van der Waals surface area contributed by atoms with Crippen LogP contribution >= 0.6 is 23.4 Å². The molecule has 5 heteroatoms. The molecule has 2 aromatic carbocycles. The lowest BCUT2D eigenvalue weighted by Gasteiger charge is -2.27. The average molecular weight is 385 g/mol. The molecule has 1 aliphatic rings. The van der Waals surface area contributed by atoms with Crippen molar-refractivity contribution in [3.8, 4) is 0 Å². The minimum atomic E-state index is 0.213. The lowest BCUT2D eigenvalue weighted by Crippen LogP contribution is -2.36. The molecule has 1 N–H and O–H groups in total. The van der Waals surface area contributed by atoms with Crippen LogP contribution in [0.4, 0.5) is 0 Å². The first-order valence-electron chi connectivity index (χ1n) is 8.80. The highest BCUT2D eigenvalue weighted by atomic mass is 35.5. The summed E-state index contributed by atoms with van der Waals surface area (Å²) in [6.07, 6.45) is 0.871. The van der Waals surface area contributed by atoms with E-state index in [-0.39, 0.29) is 5.91 Å². The van der Waals surface area contributed by atoms with Crippen molar-refractivity contribution in [2.24, 2.45) is 0 Å². The summed E-state index contributed by atoms with van der Waals surface area (Å²) in [5, 5.41) is 1.87. The van der Waals surface area contributed by atoms with Crippen LogP contribution in [-0.4, -0.2) is 28.1 Å². The molecule has 0 bridgehead atoms. The number of carbonyl (C=O) groups is 1. The van der Waals surface area contributed by atoms with Crippen molar-refractivity contribution >= 4 is 40.2 Å². The second kappa shape index (κ2) is 7.37. The van der Waals surface area contributed by atoms with Crippen LogP contribution in [0, 0.1) is 6.92 Å². The zero-order valence-electron chi connectivity index (χ0n) is 14.7. The summed E-state index contributed by atoms with van der Waals surface area (Å²) in [6.45, 7) is 3.54. The Bertz CT molecular complexity index is 966. The van der Waals surface area contributed by atoms with Gasteiger partial charge in [-0.3, -0.25) is 4.79 Å². The van der Waals surface area contributed by atoms with Crippen molar-refractivity contribution in [1.82, 2.24) is 9.88 Å². The Morgan fingerprint density at radius 1 is 1.27 bits per heavy atom. The van der Waals surface area contributed by atoms with Gasteiger partial charge in [0.05, 0.1) is 5.75 Å². The lowest BCUT2D eigenvalue weighted by atomic mass is 10.0. The number of benzene rings is 2. The maximum atomic E-state index is 12.7. The van der Waals surface area contributed by atoms with E-state index in [2.05, 4.69) is 36.2 Å². The molecule has 134 valence electrons. The molecule has 0 aliphatic carbocycles. The van der Waals surface area contributed by atoms with Crippen LogP contribution in [0.5, 0.6) is 0 Å². The highest BCUT2D eigenvalue weighted by molar-refractivity contribution is 7.99. The molecule has 0 fully saturated rings. The number of fused-ring (bicyclic) bond motifs is 3. The van der Waals surface area contributed by atoms with Crippen molar-refractivity contribution in [2.75, 3.05) is 12.3 Å². The van der Waals surface area contributed by atoms with Gasteiger partial charge >= 0.3 is 0 Å². The van der Waals surface area contributed by atoms with Gasteiger partial charge in [-0.25, -0.2) is 0 Å². The van der Waals surface area contributed by atoms with Gasteiger partial charge in [0, 0.05) is 52.4 Å². The molecule has 0 atom stereocenters. The van der Waals surface area contributed by atoms with Crippen LogP contribution in [0.15, 0.2) is 42.5 Å². The Morgan fingerprint density at radius 3 is 3.00 bits per heavy atom. The molecule has 0 spiro atoms.